The average molecular weight is 223 g/mol. The van der Waals surface area contributed by atoms with Gasteiger partial charge in [0.25, 0.3) is 0 Å². The van der Waals surface area contributed by atoms with Crippen LogP contribution >= 0.6 is 0 Å². The van der Waals surface area contributed by atoms with Crippen LogP contribution < -0.4 is 5.32 Å². The Morgan fingerprint density at radius 3 is 2.62 bits per heavy atom. The van der Waals surface area contributed by atoms with Gasteiger partial charge in [-0.15, -0.1) is 0 Å². The van der Waals surface area contributed by atoms with Crippen molar-refractivity contribution in [3.8, 4) is 6.07 Å². The molecule has 0 aromatic heterocycles. The predicted molar refractivity (Wildman–Crippen MR) is 67.1 cm³/mol. The molecule has 0 aromatic rings. The quantitative estimate of drug-likeness (QED) is 0.717. The van der Waals surface area contributed by atoms with Gasteiger partial charge in [0.05, 0.1) is 6.07 Å². The summed E-state index contributed by atoms with van der Waals surface area (Å²) in [6.45, 7) is 8.19. The third-order valence-electron chi connectivity index (χ3n) is 3.78. The van der Waals surface area contributed by atoms with Gasteiger partial charge in [-0.05, 0) is 52.6 Å². The van der Waals surface area contributed by atoms with E-state index in [-0.39, 0.29) is 5.54 Å². The molecule has 0 saturated heterocycles. The van der Waals surface area contributed by atoms with Crippen molar-refractivity contribution in [3.05, 3.63) is 0 Å². The van der Waals surface area contributed by atoms with E-state index in [9.17, 15) is 0 Å². The lowest BCUT2D eigenvalue weighted by atomic mass is 9.99. The second kappa shape index (κ2) is 5.65. The fraction of sp³-hybridized carbons (Fsp3) is 0.923. The Balaban J connectivity index is 2.34. The molecule has 92 valence electrons. The molecule has 1 aliphatic rings. The summed E-state index contributed by atoms with van der Waals surface area (Å²) in [5, 5.41) is 12.4. The Hall–Kier alpha value is -0.590. The summed E-state index contributed by atoms with van der Waals surface area (Å²) >= 11 is 0. The first kappa shape index (κ1) is 13.5. The van der Waals surface area contributed by atoms with Gasteiger partial charge in [-0.25, -0.2) is 0 Å². The van der Waals surface area contributed by atoms with E-state index in [4.69, 9.17) is 5.26 Å². The summed E-state index contributed by atoms with van der Waals surface area (Å²) in [5.74, 6) is 0.900. The van der Waals surface area contributed by atoms with Gasteiger partial charge >= 0.3 is 0 Å². The van der Waals surface area contributed by atoms with Gasteiger partial charge in [0.15, 0.2) is 0 Å². The van der Waals surface area contributed by atoms with Crippen molar-refractivity contribution in [1.29, 1.82) is 5.26 Å². The van der Waals surface area contributed by atoms with Crippen LogP contribution in [0.15, 0.2) is 0 Å². The fourth-order valence-electron chi connectivity index (χ4n) is 2.12. The number of hydrogen-bond acceptors (Lipinski definition) is 3. The zero-order valence-corrected chi connectivity index (χ0v) is 11.1. The van der Waals surface area contributed by atoms with Crippen LogP contribution in [0.25, 0.3) is 0 Å². The lowest BCUT2D eigenvalue weighted by molar-refractivity contribution is 0.214. The normalized spacial score (nSPS) is 21.5. The molecular formula is C13H25N3. The van der Waals surface area contributed by atoms with Gasteiger partial charge in [0, 0.05) is 12.6 Å². The minimum absolute atomic E-state index is 0.369. The third-order valence-corrected chi connectivity index (χ3v) is 3.78. The Kier molecular flexibility index (Phi) is 4.76. The molecule has 0 aliphatic heterocycles. The molecule has 1 fully saturated rings. The van der Waals surface area contributed by atoms with E-state index in [1.54, 1.807) is 0 Å². The maximum atomic E-state index is 9.16. The first-order valence-corrected chi connectivity index (χ1v) is 6.39. The molecule has 2 unspecified atom stereocenters. The first-order chi connectivity index (χ1) is 7.52. The molecule has 1 aliphatic carbocycles. The summed E-state index contributed by atoms with van der Waals surface area (Å²) < 4.78 is 0. The van der Waals surface area contributed by atoms with Crippen molar-refractivity contribution in [2.75, 3.05) is 20.1 Å². The number of nitrogens with one attached hydrogen (secondary N) is 1. The fourth-order valence-corrected chi connectivity index (χ4v) is 2.12. The molecule has 0 radical (unpaired) electrons. The van der Waals surface area contributed by atoms with Crippen LogP contribution in [-0.2, 0) is 0 Å². The summed E-state index contributed by atoms with van der Waals surface area (Å²) in [6.07, 6.45) is 3.66. The summed E-state index contributed by atoms with van der Waals surface area (Å²) in [5.41, 5.74) is -0.369. The number of hydrogen-bond donors (Lipinski definition) is 1. The maximum absolute atomic E-state index is 9.16. The van der Waals surface area contributed by atoms with Gasteiger partial charge in [-0.2, -0.15) is 5.26 Å². The summed E-state index contributed by atoms with van der Waals surface area (Å²) in [7, 11) is 2.17. The van der Waals surface area contributed by atoms with Crippen molar-refractivity contribution in [3.63, 3.8) is 0 Å². The zero-order valence-electron chi connectivity index (χ0n) is 11.1. The maximum Gasteiger partial charge on any atom is 0.105 e. The van der Waals surface area contributed by atoms with Crippen molar-refractivity contribution in [2.45, 2.75) is 51.6 Å². The SMILES string of the molecule is CCNC(C)(C#N)CCN(C)C(C)C1CC1. The smallest absolute Gasteiger partial charge is 0.105 e. The highest BCUT2D eigenvalue weighted by atomic mass is 15.1. The standard InChI is InChI=1S/C13H25N3/c1-5-15-13(3,10-14)8-9-16(4)11(2)12-6-7-12/h11-12,15H,5-9H2,1-4H3. The van der Waals surface area contributed by atoms with Crippen molar-refractivity contribution < 1.29 is 0 Å². The van der Waals surface area contributed by atoms with E-state index >= 15 is 0 Å². The third kappa shape index (κ3) is 3.77. The van der Waals surface area contributed by atoms with E-state index in [1.807, 2.05) is 13.8 Å². The molecule has 0 spiro atoms. The van der Waals surface area contributed by atoms with Gasteiger partial charge in [-0.1, -0.05) is 6.92 Å². The van der Waals surface area contributed by atoms with Gasteiger partial charge in [0.1, 0.15) is 5.54 Å². The van der Waals surface area contributed by atoms with Crippen LogP contribution in [0.1, 0.15) is 40.0 Å². The largest absolute Gasteiger partial charge is 0.303 e. The van der Waals surface area contributed by atoms with Crippen LogP contribution in [0, 0.1) is 17.2 Å². The Morgan fingerprint density at radius 1 is 1.56 bits per heavy atom. The van der Waals surface area contributed by atoms with E-state index < -0.39 is 0 Å². The molecule has 16 heavy (non-hydrogen) atoms. The first-order valence-electron chi connectivity index (χ1n) is 6.39. The highest BCUT2D eigenvalue weighted by molar-refractivity contribution is 5.04. The van der Waals surface area contributed by atoms with Gasteiger partial charge < -0.3 is 4.90 Å². The highest BCUT2D eigenvalue weighted by Gasteiger charge is 2.31. The lowest BCUT2D eigenvalue weighted by Gasteiger charge is -2.29. The molecule has 0 bridgehead atoms. The van der Waals surface area contributed by atoms with Crippen LogP contribution in [0.5, 0.6) is 0 Å². The second-order valence-electron chi connectivity index (χ2n) is 5.28. The topological polar surface area (TPSA) is 39.1 Å². The van der Waals surface area contributed by atoms with Crippen molar-refractivity contribution in [1.82, 2.24) is 10.2 Å². The molecule has 1 saturated carbocycles. The monoisotopic (exact) mass is 223 g/mol. The predicted octanol–water partition coefficient (Wildman–Crippen LogP) is 2.00. The van der Waals surface area contributed by atoms with Crippen LogP contribution in [-0.4, -0.2) is 36.6 Å². The summed E-state index contributed by atoms with van der Waals surface area (Å²) in [6, 6.07) is 3.05. The summed E-state index contributed by atoms with van der Waals surface area (Å²) in [4.78, 5) is 2.39. The van der Waals surface area contributed by atoms with Crippen LogP contribution in [0.3, 0.4) is 0 Å². The molecule has 2 atom stereocenters. The molecular weight excluding hydrogens is 198 g/mol. The minimum atomic E-state index is -0.369. The zero-order chi connectivity index (χ0) is 12.2. The van der Waals surface area contributed by atoms with E-state index in [1.165, 1.54) is 12.8 Å². The second-order valence-corrected chi connectivity index (χ2v) is 5.28. The van der Waals surface area contributed by atoms with Crippen molar-refractivity contribution >= 4 is 0 Å². The van der Waals surface area contributed by atoms with Crippen LogP contribution in [0.4, 0.5) is 0 Å². The van der Waals surface area contributed by atoms with E-state index in [0.29, 0.717) is 6.04 Å². The number of nitrogens with zero attached hydrogens (tertiary/aromatic N) is 2. The van der Waals surface area contributed by atoms with Gasteiger partial charge in [-0.3, -0.25) is 5.32 Å². The average Bonchev–Trinajstić information content (AvgIpc) is 3.09. The highest BCUT2D eigenvalue weighted by Crippen LogP contribution is 2.34. The molecule has 1 N–H and O–H groups in total. The lowest BCUT2D eigenvalue weighted by Crippen LogP contribution is -2.44. The molecule has 0 heterocycles. The molecule has 0 aromatic carbocycles. The minimum Gasteiger partial charge on any atom is -0.303 e. The molecule has 3 heteroatoms. The van der Waals surface area contributed by atoms with Gasteiger partial charge in [0.2, 0.25) is 0 Å². The van der Waals surface area contributed by atoms with E-state index in [0.717, 1.165) is 25.4 Å². The van der Waals surface area contributed by atoms with Crippen LogP contribution in [0.2, 0.25) is 0 Å². The molecule has 1 rings (SSSR count). The Morgan fingerprint density at radius 2 is 2.19 bits per heavy atom. The molecule has 0 amide bonds. The van der Waals surface area contributed by atoms with Crippen molar-refractivity contribution in [2.24, 2.45) is 5.92 Å². The Bertz CT molecular complexity index is 254. The molecule has 3 nitrogen and oxygen atoms in total. The number of nitriles is 1. The van der Waals surface area contributed by atoms with E-state index in [2.05, 4.69) is 30.3 Å². The number of rotatable bonds is 7. The Labute approximate surface area is 99.8 Å².